The zero-order valence-electron chi connectivity index (χ0n) is 12.4. The predicted molar refractivity (Wildman–Crippen MR) is 86.4 cm³/mol. The average Bonchev–Trinajstić information content (AvgIpc) is 2.82. The lowest BCUT2D eigenvalue weighted by atomic mass is 10.1. The van der Waals surface area contributed by atoms with Gasteiger partial charge < -0.3 is 10.4 Å². The van der Waals surface area contributed by atoms with E-state index in [-0.39, 0.29) is 0 Å². The number of phenolic OH excluding ortho intramolecular Hbond substituents is 1. The summed E-state index contributed by atoms with van der Waals surface area (Å²) in [5.41, 5.74) is 2.36. The molecule has 1 fully saturated rings. The highest BCUT2D eigenvalue weighted by atomic mass is 16.3. The Hall–Kier alpha value is -2.00. The second-order valence-corrected chi connectivity index (χ2v) is 5.79. The zero-order valence-corrected chi connectivity index (χ0v) is 12.4. The van der Waals surface area contributed by atoms with Gasteiger partial charge in [0.15, 0.2) is 0 Å². The maximum atomic E-state index is 9.55. The number of nitrogens with zero attached hydrogens (tertiary/aromatic N) is 1. The van der Waals surface area contributed by atoms with Crippen molar-refractivity contribution in [2.45, 2.75) is 32.0 Å². The Morgan fingerprint density at radius 1 is 1.14 bits per heavy atom. The number of aromatic hydroxyl groups is 1. The van der Waals surface area contributed by atoms with Gasteiger partial charge in [-0.2, -0.15) is 0 Å². The van der Waals surface area contributed by atoms with E-state index in [0.717, 1.165) is 25.2 Å². The molecule has 0 amide bonds. The van der Waals surface area contributed by atoms with E-state index < -0.39 is 0 Å². The summed E-state index contributed by atoms with van der Waals surface area (Å²) < 4.78 is 0. The molecule has 0 bridgehead atoms. The Morgan fingerprint density at radius 3 is 2.71 bits per heavy atom. The van der Waals surface area contributed by atoms with Crippen molar-refractivity contribution >= 4 is 5.69 Å². The molecule has 1 aliphatic heterocycles. The van der Waals surface area contributed by atoms with Gasteiger partial charge in [-0.15, -0.1) is 0 Å². The van der Waals surface area contributed by atoms with E-state index in [1.54, 1.807) is 12.1 Å². The van der Waals surface area contributed by atoms with Gasteiger partial charge in [-0.05, 0) is 31.0 Å². The van der Waals surface area contributed by atoms with Gasteiger partial charge in [0.05, 0.1) is 0 Å². The van der Waals surface area contributed by atoms with Crippen LogP contribution < -0.4 is 5.32 Å². The molecule has 1 saturated heterocycles. The second kappa shape index (κ2) is 6.19. The van der Waals surface area contributed by atoms with Crippen LogP contribution in [0.1, 0.15) is 18.9 Å². The smallest absolute Gasteiger partial charge is 0.117 e. The molecule has 3 rings (SSSR count). The van der Waals surface area contributed by atoms with Crippen molar-refractivity contribution in [2.75, 3.05) is 11.9 Å². The topological polar surface area (TPSA) is 35.5 Å². The fourth-order valence-electron chi connectivity index (χ4n) is 3.05. The van der Waals surface area contributed by atoms with Crippen LogP contribution in [0.3, 0.4) is 0 Å². The molecule has 0 radical (unpaired) electrons. The summed E-state index contributed by atoms with van der Waals surface area (Å²) in [5, 5.41) is 13.1. The number of hydrogen-bond acceptors (Lipinski definition) is 3. The Labute approximate surface area is 126 Å². The Balaban J connectivity index is 1.62. The molecular weight excluding hydrogens is 260 g/mol. The Kier molecular flexibility index (Phi) is 4.11. The summed E-state index contributed by atoms with van der Waals surface area (Å²) in [6, 6.07) is 18.9. The minimum Gasteiger partial charge on any atom is -0.508 e. The molecule has 0 spiro atoms. The zero-order chi connectivity index (χ0) is 14.7. The van der Waals surface area contributed by atoms with Crippen molar-refractivity contribution in [3.05, 3.63) is 60.2 Å². The number of rotatable bonds is 4. The lowest BCUT2D eigenvalue weighted by Gasteiger charge is -2.25. The molecule has 3 heteroatoms. The van der Waals surface area contributed by atoms with E-state index in [9.17, 15) is 5.11 Å². The summed E-state index contributed by atoms with van der Waals surface area (Å²) in [4.78, 5) is 2.51. The predicted octanol–water partition coefficient (Wildman–Crippen LogP) is 3.47. The number of nitrogens with one attached hydrogen (secondary N) is 1. The third kappa shape index (κ3) is 3.37. The maximum absolute atomic E-state index is 9.55. The van der Waals surface area contributed by atoms with Crippen LogP contribution in [-0.4, -0.2) is 28.6 Å². The third-order valence-corrected chi connectivity index (χ3v) is 4.31. The van der Waals surface area contributed by atoms with Crippen molar-refractivity contribution in [3.8, 4) is 5.75 Å². The molecule has 3 nitrogen and oxygen atoms in total. The molecule has 21 heavy (non-hydrogen) atoms. The highest BCUT2D eigenvalue weighted by Crippen LogP contribution is 2.25. The summed E-state index contributed by atoms with van der Waals surface area (Å²) >= 11 is 0. The summed E-state index contributed by atoms with van der Waals surface area (Å²) in [5.74, 6) is 0.312. The standard InChI is InChI=1S/C18H22N2O/c1-14-18(19-16-8-5-9-17(21)12-16)10-11-20(14)13-15-6-3-2-4-7-15/h2-9,12,14,18-19,21H,10-11,13H2,1H3. The SMILES string of the molecule is CC1C(Nc2cccc(O)c2)CCN1Cc1ccccc1. The van der Waals surface area contributed by atoms with Gasteiger partial charge in [0, 0.05) is 36.9 Å². The van der Waals surface area contributed by atoms with Crippen LogP contribution in [0.5, 0.6) is 5.75 Å². The number of anilines is 1. The van der Waals surface area contributed by atoms with Crippen LogP contribution in [0, 0.1) is 0 Å². The lowest BCUT2D eigenvalue weighted by molar-refractivity contribution is 0.255. The number of benzene rings is 2. The van der Waals surface area contributed by atoms with Gasteiger partial charge in [0.2, 0.25) is 0 Å². The molecular formula is C18H22N2O. The molecule has 2 atom stereocenters. The fraction of sp³-hybridized carbons (Fsp3) is 0.333. The van der Waals surface area contributed by atoms with Crippen molar-refractivity contribution < 1.29 is 5.11 Å². The first kappa shape index (κ1) is 14.0. The van der Waals surface area contributed by atoms with Gasteiger partial charge in [-0.1, -0.05) is 36.4 Å². The molecule has 2 N–H and O–H groups in total. The quantitative estimate of drug-likeness (QED) is 0.901. The molecule has 110 valence electrons. The molecule has 2 unspecified atom stereocenters. The van der Waals surface area contributed by atoms with Crippen molar-refractivity contribution in [2.24, 2.45) is 0 Å². The first-order valence-electron chi connectivity index (χ1n) is 7.56. The van der Waals surface area contributed by atoms with E-state index in [0.29, 0.717) is 17.8 Å². The van der Waals surface area contributed by atoms with Crippen LogP contribution in [0.15, 0.2) is 54.6 Å². The number of likely N-dealkylation sites (tertiary alicyclic amines) is 1. The molecule has 0 aliphatic carbocycles. The third-order valence-electron chi connectivity index (χ3n) is 4.31. The molecule has 1 aliphatic rings. The van der Waals surface area contributed by atoms with Gasteiger partial charge in [-0.25, -0.2) is 0 Å². The molecule has 0 aromatic heterocycles. The average molecular weight is 282 g/mol. The molecule has 0 saturated carbocycles. The first-order chi connectivity index (χ1) is 10.2. The normalized spacial score (nSPS) is 22.3. The summed E-state index contributed by atoms with van der Waals surface area (Å²) in [6.45, 7) is 4.38. The van der Waals surface area contributed by atoms with Crippen LogP contribution in [-0.2, 0) is 6.54 Å². The van der Waals surface area contributed by atoms with Crippen molar-refractivity contribution in [1.29, 1.82) is 0 Å². The van der Waals surface area contributed by atoms with E-state index in [1.165, 1.54) is 5.56 Å². The second-order valence-electron chi connectivity index (χ2n) is 5.79. The summed E-state index contributed by atoms with van der Waals surface area (Å²) in [7, 11) is 0. The van der Waals surface area contributed by atoms with Gasteiger partial charge in [0.25, 0.3) is 0 Å². The molecule has 2 aromatic carbocycles. The minimum atomic E-state index is 0.312. The van der Waals surface area contributed by atoms with Crippen LogP contribution in [0.25, 0.3) is 0 Å². The van der Waals surface area contributed by atoms with E-state index in [2.05, 4.69) is 47.5 Å². The Bertz CT molecular complexity index is 585. The van der Waals surface area contributed by atoms with Crippen LogP contribution in [0.4, 0.5) is 5.69 Å². The lowest BCUT2D eigenvalue weighted by Crippen LogP contribution is -2.35. The summed E-state index contributed by atoms with van der Waals surface area (Å²) in [6.07, 6.45) is 1.13. The van der Waals surface area contributed by atoms with Crippen molar-refractivity contribution in [1.82, 2.24) is 4.90 Å². The van der Waals surface area contributed by atoms with Gasteiger partial charge >= 0.3 is 0 Å². The van der Waals surface area contributed by atoms with E-state index in [1.807, 2.05) is 12.1 Å². The first-order valence-corrected chi connectivity index (χ1v) is 7.56. The number of phenols is 1. The maximum Gasteiger partial charge on any atom is 0.117 e. The monoisotopic (exact) mass is 282 g/mol. The van der Waals surface area contributed by atoms with Gasteiger partial charge in [0.1, 0.15) is 5.75 Å². The molecule has 1 heterocycles. The van der Waals surface area contributed by atoms with Crippen LogP contribution >= 0.6 is 0 Å². The largest absolute Gasteiger partial charge is 0.508 e. The Morgan fingerprint density at radius 2 is 1.95 bits per heavy atom. The highest BCUT2D eigenvalue weighted by Gasteiger charge is 2.30. The number of hydrogen-bond donors (Lipinski definition) is 2. The van der Waals surface area contributed by atoms with Gasteiger partial charge in [-0.3, -0.25) is 4.90 Å². The van der Waals surface area contributed by atoms with E-state index >= 15 is 0 Å². The van der Waals surface area contributed by atoms with E-state index in [4.69, 9.17) is 0 Å². The molecule has 2 aromatic rings. The van der Waals surface area contributed by atoms with Crippen LogP contribution in [0.2, 0.25) is 0 Å². The highest BCUT2D eigenvalue weighted by molar-refractivity contribution is 5.48. The van der Waals surface area contributed by atoms with Crippen molar-refractivity contribution in [3.63, 3.8) is 0 Å². The fourth-order valence-corrected chi connectivity index (χ4v) is 3.05. The minimum absolute atomic E-state index is 0.312.